The zero-order chi connectivity index (χ0) is 10.8. The second kappa shape index (κ2) is 4.26. The molecule has 0 saturated heterocycles. The van der Waals surface area contributed by atoms with Gasteiger partial charge in [0, 0.05) is 10.8 Å². The highest BCUT2D eigenvalue weighted by molar-refractivity contribution is 8.00. The van der Waals surface area contributed by atoms with Crippen molar-refractivity contribution in [2.45, 2.75) is 24.0 Å². The van der Waals surface area contributed by atoms with Gasteiger partial charge in [-0.25, -0.2) is 4.39 Å². The molecule has 0 amide bonds. The van der Waals surface area contributed by atoms with E-state index >= 15 is 0 Å². The first-order valence-corrected chi connectivity index (χ1v) is 5.06. The largest absolute Gasteiger partial charge is 0.300 e. The van der Waals surface area contributed by atoms with Gasteiger partial charge in [-0.3, -0.25) is 0 Å². The average molecular weight is 220 g/mol. The Morgan fingerprint density at radius 2 is 1.64 bits per heavy atom. The van der Waals surface area contributed by atoms with Crippen molar-refractivity contribution in [2.75, 3.05) is 0 Å². The third-order valence-corrected chi connectivity index (χ3v) is 2.99. The molecule has 4 heteroatoms. The molecule has 1 aromatic carbocycles. The van der Waals surface area contributed by atoms with Crippen LogP contribution in [0.5, 0.6) is 0 Å². The highest BCUT2D eigenvalue weighted by Crippen LogP contribution is 2.41. The fraction of sp³-hybridized carbons (Fsp3) is 0.400. The normalized spacial score (nSPS) is 12.1. The minimum absolute atomic E-state index is 0.380. The van der Waals surface area contributed by atoms with E-state index in [9.17, 15) is 13.2 Å². The number of thioether (sulfide) groups is 1. The third-order valence-electron chi connectivity index (χ3n) is 1.74. The number of hydrogen-bond donors (Lipinski definition) is 0. The molecule has 0 radical (unpaired) electrons. The van der Waals surface area contributed by atoms with Gasteiger partial charge in [0.15, 0.2) is 0 Å². The van der Waals surface area contributed by atoms with Gasteiger partial charge in [-0.2, -0.15) is 8.78 Å². The first-order valence-electron chi connectivity index (χ1n) is 4.24. The van der Waals surface area contributed by atoms with Gasteiger partial charge >= 0.3 is 0 Å². The Morgan fingerprint density at radius 3 is 2.07 bits per heavy atom. The summed E-state index contributed by atoms with van der Waals surface area (Å²) >= 11 is 0.463. The summed E-state index contributed by atoms with van der Waals surface area (Å²) in [4.78, 5) is 0.380. The maximum Gasteiger partial charge on any atom is 0.300 e. The van der Waals surface area contributed by atoms with Crippen LogP contribution in [0.1, 0.15) is 13.8 Å². The number of halogens is 3. The van der Waals surface area contributed by atoms with Crippen molar-refractivity contribution < 1.29 is 13.2 Å². The lowest BCUT2D eigenvalue weighted by atomic mass is 10.2. The van der Waals surface area contributed by atoms with Crippen LogP contribution in [-0.2, 0) is 0 Å². The molecule has 1 rings (SSSR count). The van der Waals surface area contributed by atoms with Crippen LogP contribution in [0.15, 0.2) is 29.2 Å². The van der Waals surface area contributed by atoms with Crippen LogP contribution in [0.25, 0.3) is 0 Å². The van der Waals surface area contributed by atoms with Crippen LogP contribution in [0.3, 0.4) is 0 Å². The second-order valence-corrected chi connectivity index (χ2v) is 4.49. The van der Waals surface area contributed by atoms with Crippen LogP contribution in [0.4, 0.5) is 13.2 Å². The van der Waals surface area contributed by atoms with Crippen LogP contribution >= 0.6 is 11.8 Å². The van der Waals surface area contributed by atoms with E-state index in [-0.39, 0.29) is 0 Å². The highest BCUT2D eigenvalue weighted by Gasteiger charge is 2.34. The molecule has 0 spiro atoms. The fourth-order valence-corrected chi connectivity index (χ4v) is 1.60. The van der Waals surface area contributed by atoms with Crippen LogP contribution in [-0.4, -0.2) is 5.25 Å². The third kappa shape index (κ3) is 2.94. The summed E-state index contributed by atoms with van der Waals surface area (Å²) in [5, 5.41) is -2.81. The molecule has 0 atom stereocenters. The SMILES string of the molecule is CC(C)C(F)(F)Sc1ccc(F)cc1. The zero-order valence-electron chi connectivity index (χ0n) is 7.93. The van der Waals surface area contributed by atoms with Gasteiger partial charge in [-0.05, 0) is 24.3 Å². The average Bonchev–Trinajstić information content (AvgIpc) is 2.08. The Labute approximate surface area is 85.5 Å². The zero-order valence-corrected chi connectivity index (χ0v) is 8.75. The van der Waals surface area contributed by atoms with E-state index in [2.05, 4.69) is 0 Å². The van der Waals surface area contributed by atoms with Crippen molar-refractivity contribution in [1.29, 1.82) is 0 Å². The molecule has 0 aromatic heterocycles. The molecule has 0 unspecified atom stereocenters. The lowest BCUT2D eigenvalue weighted by molar-refractivity contribution is 0.0546. The van der Waals surface area contributed by atoms with E-state index in [0.29, 0.717) is 16.7 Å². The smallest absolute Gasteiger partial charge is 0.207 e. The molecular weight excluding hydrogens is 209 g/mol. The number of benzene rings is 1. The molecular formula is C10H11F3S. The van der Waals surface area contributed by atoms with Crippen molar-refractivity contribution >= 4 is 11.8 Å². The van der Waals surface area contributed by atoms with Gasteiger partial charge in [0.2, 0.25) is 0 Å². The first kappa shape index (κ1) is 11.4. The second-order valence-electron chi connectivity index (χ2n) is 3.27. The lowest BCUT2D eigenvalue weighted by Gasteiger charge is -2.19. The summed E-state index contributed by atoms with van der Waals surface area (Å²) in [7, 11) is 0. The summed E-state index contributed by atoms with van der Waals surface area (Å²) in [6, 6.07) is 5.07. The quantitative estimate of drug-likeness (QED) is 0.689. The maximum atomic E-state index is 13.2. The molecule has 14 heavy (non-hydrogen) atoms. The number of alkyl halides is 2. The summed E-state index contributed by atoms with van der Waals surface area (Å²) in [6.07, 6.45) is 0. The molecule has 1 aromatic rings. The molecule has 0 aliphatic heterocycles. The van der Waals surface area contributed by atoms with E-state index in [1.54, 1.807) is 0 Å². The highest BCUT2D eigenvalue weighted by atomic mass is 32.2. The molecule has 0 heterocycles. The monoisotopic (exact) mass is 220 g/mol. The Morgan fingerprint density at radius 1 is 1.14 bits per heavy atom. The lowest BCUT2D eigenvalue weighted by Crippen LogP contribution is -2.18. The minimum atomic E-state index is -2.81. The number of hydrogen-bond acceptors (Lipinski definition) is 1. The Balaban J connectivity index is 2.74. The molecule has 0 saturated carbocycles. The summed E-state index contributed by atoms with van der Waals surface area (Å²) < 4.78 is 38.9. The van der Waals surface area contributed by atoms with Crippen molar-refractivity contribution in [3.8, 4) is 0 Å². The molecule has 0 aliphatic rings. The van der Waals surface area contributed by atoms with Crippen LogP contribution in [0.2, 0.25) is 0 Å². The molecule has 0 fully saturated rings. The van der Waals surface area contributed by atoms with Crippen molar-refractivity contribution in [3.05, 3.63) is 30.1 Å². The predicted molar refractivity (Wildman–Crippen MR) is 52.0 cm³/mol. The first-order chi connectivity index (χ1) is 6.42. The Bertz CT molecular complexity index is 293. The fourth-order valence-electron chi connectivity index (χ4n) is 0.778. The molecule has 0 bridgehead atoms. The van der Waals surface area contributed by atoms with E-state index in [1.165, 1.54) is 38.1 Å². The summed E-state index contributed by atoms with van der Waals surface area (Å²) in [6.45, 7) is 2.91. The minimum Gasteiger partial charge on any atom is -0.207 e. The molecule has 0 aliphatic carbocycles. The topological polar surface area (TPSA) is 0 Å². The van der Waals surface area contributed by atoms with Crippen LogP contribution < -0.4 is 0 Å². The van der Waals surface area contributed by atoms with E-state index in [4.69, 9.17) is 0 Å². The predicted octanol–water partition coefficient (Wildman–Crippen LogP) is 4.17. The van der Waals surface area contributed by atoms with E-state index in [0.717, 1.165) is 0 Å². The van der Waals surface area contributed by atoms with Gasteiger partial charge in [-0.1, -0.05) is 25.6 Å². The number of rotatable bonds is 3. The molecule has 0 nitrogen and oxygen atoms in total. The Kier molecular flexibility index (Phi) is 3.48. The van der Waals surface area contributed by atoms with E-state index < -0.39 is 17.0 Å². The van der Waals surface area contributed by atoms with Crippen molar-refractivity contribution in [1.82, 2.24) is 0 Å². The van der Waals surface area contributed by atoms with Gasteiger partial charge in [0.05, 0.1) is 0 Å². The maximum absolute atomic E-state index is 13.2. The summed E-state index contributed by atoms with van der Waals surface area (Å²) in [5.74, 6) is -1.15. The molecule has 0 N–H and O–H groups in total. The van der Waals surface area contributed by atoms with Gasteiger partial charge in [-0.15, -0.1) is 0 Å². The summed E-state index contributed by atoms with van der Waals surface area (Å²) in [5.41, 5.74) is 0. The van der Waals surface area contributed by atoms with Gasteiger partial charge in [0.25, 0.3) is 5.25 Å². The molecule has 78 valence electrons. The van der Waals surface area contributed by atoms with Gasteiger partial charge < -0.3 is 0 Å². The van der Waals surface area contributed by atoms with Crippen molar-refractivity contribution in [3.63, 3.8) is 0 Å². The van der Waals surface area contributed by atoms with Crippen LogP contribution in [0, 0.1) is 11.7 Å². The van der Waals surface area contributed by atoms with Gasteiger partial charge in [0.1, 0.15) is 5.82 Å². The van der Waals surface area contributed by atoms with Crippen molar-refractivity contribution in [2.24, 2.45) is 5.92 Å². The standard InChI is InChI=1S/C10H11F3S/c1-7(2)10(12,13)14-9-5-3-8(11)4-6-9/h3-7H,1-2H3. The van der Waals surface area contributed by atoms with E-state index in [1.807, 2.05) is 0 Å². The Hall–Kier alpha value is -0.640.